The fourth-order valence-electron chi connectivity index (χ4n) is 1.85. The minimum atomic E-state index is 0.233. The van der Waals surface area contributed by atoms with E-state index in [2.05, 4.69) is 59.3 Å². The maximum absolute atomic E-state index is 5.85. The molecular weight excluding hydrogens is 292 g/mol. The van der Waals surface area contributed by atoms with Gasteiger partial charge in [-0.1, -0.05) is 15.9 Å². The van der Waals surface area contributed by atoms with Crippen molar-refractivity contribution >= 4 is 26.9 Å². The fraction of sp³-hybridized carbons (Fsp3) is 0.429. The average Bonchev–Trinajstić information content (AvgIpc) is 2.71. The molecule has 0 aliphatic heterocycles. The molecule has 98 valence electrons. The van der Waals surface area contributed by atoms with Gasteiger partial charge < -0.3 is 14.6 Å². The Kier molecular flexibility index (Phi) is 4.43. The predicted molar refractivity (Wildman–Crippen MR) is 78.9 cm³/mol. The normalized spacial score (nSPS) is 13.4. The molecule has 0 bridgehead atoms. The highest BCUT2D eigenvalue weighted by atomic mass is 79.9. The van der Waals surface area contributed by atoms with Crippen molar-refractivity contribution in [3.63, 3.8) is 0 Å². The van der Waals surface area contributed by atoms with E-state index in [1.165, 1.54) is 0 Å². The van der Waals surface area contributed by atoms with Crippen molar-refractivity contribution in [2.45, 2.75) is 13.0 Å². The maximum Gasteiger partial charge on any atom is 0.134 e. The van der Waals surface area contributed by atoms with Gasteiger partial charge in [0, 0.05) is 22.9 Å². The smallest absolute Gasteiger partial charge is 0.134 e. The SMILES string of the molecule is CC(NCCN(C)C)c1cc2cc(Br)ccc2o1. The number of likely N-dealkylation sites (N-methyl/N-ethyl adjacent to an activating group) is 1. The van der Waals surface area contributed by atoms with Gasteiger partial charge in [-0.3, -0.25) is 0 Å². The summed E-state index contributed by atoms with van der Waals surface area (Å²) in [7, 11) is 4.15. The van der Waals surface area contributed by atoms with Crippen LogP contribution in [0.5, 0.6) is 0 Å². The highest BCUT2D eigenvalue weighted by molar-refractivity contribution is 9.10. The molecule has 2 rings (SSSR count). The number of hydrogen-bond donors (Lipinski definition) is 1. The third kappa shape index (κ3) is 3.34. The van der Waals surface area contributed by atoms with Gasteiger partial charge in [-0.25, -0.2) is 0 Å². The molecular formula is C14H19BrN2O. The molecule has 0 saturated carbocycles. The number of nitrogens with zero attached hydrogens (tertiary/aromatic N) is 1. The van der Waals surface area contributed by atoms with Crippen molar-refractivity contribution in [1.82, 2.24) is 10.2 Å². The molecule has 0 spiro atoms. The largest absolute Gasteiger partial charge is 0.459 e. The first-order valence-corrected chi connectivity index (χ1v) is 6.92. The Morgan fingerprint density at radius 3 is 2.83 bits per heavy atom. The lowest BCUT2D eigenvalue weighted by Crippen LogP contribution is -2.28. The summed E-state index contributed by atoms with van der Waals surface area (Å²) >= 11 is 3.47. The van der Waals surface area contributed by atoms with Crippen LogP contribution in [0.3, 0.4) is 0 Å². The Morgan fingerprint density at radius 2 is 2.11 bits per heavy atom. The quantitative estimate of drug-likeness (QED) is 0.917. The first-order chi connectivity index (χ1) is 8.56. The van der Waals surface area contributed by atoms with E-state index in [9.17, 15) is 0 Å². The molecule has 0 radical (unpaired) electrons. The van der Waals surface area contributed by atoms with E-state index in [-0.39, 0.29) is 6.04 Å². The van der Waals surface area contributed by atoms with Crippen molar-refractivity contribution in [2.24, 2.45) is 0 Å². The second kappa shape index (κ2) is 5.87. The molecule has 0 amide bonds. The van der Waals surface area contributed by atoms with E-state index in [1.807, 2.05) is 12.1 Å². The molecule has 1 atom stereocenters. The van der Waals surface area contributed by atoms with E-state index < -0.39 is 0 Å². The number of halogens is 1. The van der Waals surface area contributed by atoms with Crippen LogP contribution in [0.2, 0.25) is 0 Å². The molecule has 1 heterocycles. The zero-order valence-corrected chi connectivity index (χ0v) is 12.6. The topological polar surface area (TPSA) is 28.4 Å². The molecule has 4 heteroatoms. The Morgan fingerprint density at radius 1 is 1.33 bits per heavy atom. The summed E-state index contributed by atoms with van der Waals surface area (Å²) in [5.74, 6) is 0.988. The van der Waals surface area contributed by atoms with E-state index in [1.54, 1.807) is 0 Å². The molecule has 2 aromatic rings. The molecule has 1 aromatic heterocycles. The summed E-state index contributed by atoms with van der Waals surface area (Å²) in [6.07, 6.45) is 0. The molecule has 3 nitrogen and oxygen atoms in total. The zero-order chi connectivity index (χ0) is 13.1. The van der Waals surface area contributed by atoms with Crippen molar-refractivity contribution in [1.29, 1.82) is 0 Å². The number of furan rings is 1. The molecule has 0 aliphatic carbocycles. The highest BCUT2D eigenvalue weighted by Crippen LogP contribution is 2.26. The predicted octanol–water partition coefficient (Wildman–Crippen LogP) is 3.41. The first kappa shape index (κ1) is 13.6. The molecule has 1 aromatic carbocycles. The van der Waals surface area contributed by atoms with E-state index in [0.717, 1.165) is 34.3 Å². The van der Waals surface area contributed by atoms with Crippen LogP contribution < -0.4 is 5.32 Å². The molecule has 0 saturated heterocycles. The summed E-state index contributed by atoms with van der Waals surface area (Å²) in [4.78, 5) is 2.16. The van der Waals surface area contributed by atoms with E-state index in [4.69, 9.17) is 4.42 Å². The maximum atomic E-state index is 5.85. The zero-order valence-electron chi connectivity index (χ0n) is 11.0. The van der Waals surface area contributed by atoms with Crippen LogP contribution in [-0.2, 0) is 0 Å². The highest BCUT2D eigenvalue weighted by Gasteiger charge is 2.11. The minimum absolute atomic E-state index is 0.233. The number of hydrogen-bond acceptors (Lipinski definition) is 3. The fourth-order valence-corrected chi connectivity index (χ4v) is 2.23. The number of nitrogens with one attached hydrogen (secondary N) is 1. The van der Waals surface area contributed by atoms with Crippen LogP contribution in [0, 0.1) is 0 Å². The minimum Gasteiger partial charge on any atom is -0.459 e. The van der Waals surface area contributed by atoms with E-state index >= 15 is 0 Å². The van der Waals surface area contributed by atoms with Crippen LogP contribution in [0.1, 0.15) is 18.7 Å². The standard InChI is InChI=1S/C14H19BrN2O/c1-10(16-6-7-17(2)3)14-9-11-8-12(15)4-5-13(11)18-14/h4-5,8-10,16H,6-7H2,1-3H3. The lowest BCUT2D eigenvalue weighted by atomic mass is 10.2. The lowest BCUT2D eigenvalue weighted by Gasteiger charge is -2.14. The van der Waals surface area contributed by atoms with Gasteiger partial charge in [0.25, 0.3) is 0 Å². The van der Waals surface area contributed by atoms with Gasteiger partial charge in [0.2, 0.25) is 0 Å². The summed E-state index contributed by atoms with van der Waals surface area (Å²) in [6.45, 7) is 4.10. The summed E-state index contributed by atoms with van der Waals surface area (Å²) in [5.41, 5.74) is 0.939. The van der Waals surface area contributed by atoms with Gasteiger partial charge >= 0.3 is 0 Å². The van der Waals surface area contributed by atoms with Crippen LogP contribution in [0.25, 0.3) is 11.0 Å². The summed E-state index contributed by atoms with van der Waals surface area (Å²) in [5, 5.41) is 4.60. The Balaban J connectivity index is 2.06. The number of fused-ring (bicyclic) bond motifs is 1. The number of rotatable bonds is 5. The Hall–Kier alpha value is -0.840. The molecule has 0 fully saturated rings. The summed E-state index contributed by atoms with van der Waals surface area (Å²) < 4.78 is 6.92. The van der Waals surface area contributed by atoms with Gasteiger partial charge in [0.05, 0.1) is 6.04 Å². The second-order valence-electron chi connectivity index (χ2n) is 4.81. The average molecular weight is 311 g/mol. The number of benzene rings is 1. The van der Waals surface area contributed by atoms with Crippen molar-refractivity contribution in [3.8, 4) is 0 Å². The van der Waals surface area contributed by atoms with E-state index in [0.29, 0.717) is 0 Å². The van der Waals surface area contributed by atoms with Crippen LogP contribution in [-0.4, -0.2) is 32.1 Å². The third-order valence-corrected chi connectivity index (χ3v) is 3.43. The van der Waals surface area contributed by atoms with Crippen LogP contribution in [0.4, 0.5) is 0 Å². The summed E-state index contributed by atoms with van der Waals surface area (Å²) in [6, 6.07) is 8.41. The second-order valence-corrected chi connectivity index (χ2v) is 5.73. The van der Waals surface area contributed by atoms with Crippen molar-refractivity contribution in [2.75, 3.05) is 27.2 Å². The molecule has 1 unspecified atom stereocenters. The molecule has 0 aliphatic rings. The van der Waals surface area contributed by atoms with Crippen molar-refractivity contribution < 1.29 is 4.42 Å². The van der Waals surface area contributed by atoms with Gasteiger partial charge in [0.15, 0.2) is 0 Å². The van der Waals surface area contributed by atoms with Crippen molar-refractivity contribution in [3.05, 3.63) is 34.5 Å². The van der Waals surface area contributed by atoms with Gasteiger partial charge in [0.1, 0.15) is 11.3 Å². The van der Waals surface area contributed by atoms with Gasteiger partial charge in [-0.15, -0.1) is 0 Å². The Labute approximate surface area is 116 Å². The molecule has 18 heavy (non-hydrogen) atoms. The van der Waals surface area contributed by atoms with Gasteiger partial charge in [-0.05, 0) is 45.3 Å². The Bertz CT molecular complexity index is 521. The monoisotopic (exact) mass is 310 g/mol. The first-order valence-electron chi connectivity index (χ1n) is 6.13. The van der Waals surface area contributed by atoms with Crippen LogP contribution in [0.15, 0.2) is 33.2 Å². The lowest BCUT2D eigenvalue weighted by molar-refractivity contribution is 0.375. The van der Waals surface area contributed by atoms with Gasteiger partial charge in [-0.2, -0.15) is 0 Å². The van der Waals surface area contributed by atoms with Crippen LogP contribution >= 0.6 is 15.9 Å². The third-order valence-electron chi connectivity index (χ3n) is 2.93. The molecule has 1 N–H and O–H groups in total.